The zero-order chi connectivity index (χ0) is 28.6. The number of carbonyl (C=O) groups excluding carboxylic acids is 2. The minimum atomic E-state index is -0.0921. The predicted molar refractivity (Wildman–Crippen MR) is 161 cm³/mol. The quantitative estimate of drug-likeness (QED) is 0.116. The fourth-order valence-electron chi connectivity index (χ4n) is 2.72. The fourth-order valence-corrected chi connectivity index (χ4v) is 3.61. The van der Waals surface area contributed by atoms with Gasteiger partial charge in [0.05, 0.1) is 17.7 Å². The number of carbonyl (C=O) groups is 2. The van der Waals surface area contributed by atoms with Gasteiger partial charge < -0.3 is 20.5 Å². The minimum Gasteiger partial charge on any atom is -0.503 e. The normalized spacial score (nSPS) is 9.67. The second kappa shape index (κ2) is 17.2. The highest BCUT2D eigenvalue weighted by atomic mass is 79.9. The summed E-state index contributed by atoms with van der Waals surface area (Å²) < 4.78 is 6.35. The molecule has 0 saturated heterocycles. The van der Waals surface area contributed by atoms with E-state index in [-0.39, 0.29) is 23.9 Å². The van der Waals surface area contributed by atoms with Crippen LogP contribution in [0.1, 0.15) is 20.7 Å². The number of hydrogen-bond donors (Lipinski definition) is 3. The van der Waals surface area contributed by atoms with E-state index >= 15 is 0 Å². The van der Waals surface area contributed by atoms with E-state index in [1.54, 1.807) is 26.2 Å². The number of aromatic nitrogens is 4. The standard InChI is InChI=1S/C13H12BrN3O2.C8H7BrO.C5H6BrN3O/c1-15-12-11(7-16-13(14)17-12)19-8-10(18)9-5-3-2-4-6-9;9-6-8(10)7-4-2-1-3-5-7;1-7-4-3(10)2-8-5(6)9-4/h2-7H,8H2,1H3,(H,15,16,17);1-5H,6H2;2,10H,1H3,(H,7,8,9). The van der Waals surface area contributed by atoms with Crippen molar-refractivity contribution in [2.24, 2.45) is 0 Å². The van der Waals surface area contributed by atoms with Crippen molar-refractivity contribution in [2.45, 2.75) is 0 Å². The Hall–Kier alpha value is -3.42. The Morgan fingerprint density at radius 2 is 1.28 bits per heavy atom. The van der Waals surface area contributed by atoms with Crippen LogP contribution in [-0.2, 0) is 0 Å². The number of nitrogens with zero attached hydrogens (tertiary/aromatic N) is 4. The summed E-state index contributed by atoms with van der Waals surface area (Å²) in [5.41, 5.74) is 1.38. The molecule has 2 heterocycles. The van der Waals surface area contributed by atoms with E-state index in [1.807, 2.05) is 48.5 Å². The Balaban J connectivity index is 0.000000225. The van der Waals surface area contributed by atoms with Gasteiger partial charge in [-0.15, -0.1) is 0 Å². The van der Waals surface area contributed by atoms with Crippen molar-refractivity contribution >= 4 is 71.0 Å². The molecular formula is C26H25Br3N6O4. The SMILES string of the molecule is CNc1nc(Br)ncc1O.CNc1nc(Br)ncc1OCC(=O)c1ccccc1.O=C(CBr)c1ccccc1. The van der Waals surface area contributed by atoms with E-state index in [0.717, 1.165) is 5.56 Å². The molecule has 2 aromatic carbocycles. The second-order valence-electron chi connectivity index (χ2n) is 7.23. The number of benzene rings is 2. The van der Waals surface area contributed by atoms with Crippen molar-refractivity contribution in [1.29, 1.82) is 0 Å². The van der Waals surface area contributed by atoms with E-state index in [0.29, 0.717) is 37.7 Å². The second-order valence-corrected chi connectivity index (χ2v) is 9.20. The summed E-state index contributed by atoms with van der Waals surface area (Å²) in [7, 11) is 3.40. The maximum absolute atomic E-state index is 11.9. The Bertz CT molecular complexity index is 1350. The van der Waals surface area contributed by atoms with Gasteiger partial charge >= 0.3 is 0 Å². The summed E-state index contributed by atoms with van der Waals surface area (Å²) >= 11 is 9.33. The van der Waals surface area contributed by atoms with Crippen molar-refractivity contribution in [3.63, 3.8) is 0 Å². The number of hydrogen-bond acceptors (Lipinski definition) is 10. The van der Waals surface area contributed by atoms with Gasteiger partial charge in [0.25, 0.3) is 0 Å². The number of ketones is 2. The molecule has 0 fully saturated rings. The van der Waals surface area contributed by atoms with Crippen LogP contribution in [0.15, 0.2) is 82.5 Å². The van der Waals surface area contributed by atoms with Crippen molar-refractivity contribution in [2.75, 3.05) is 36.7 Å². The van der Waals surface area contributed by atoms with Gasteiger partial charge in [-0.05, 0) is 31.9 Å². The van der Waals surface area contributed by atoms with Gasteiger partial charge in [0, 0.05) is 25.2 Å². The molecular weight excluding hydrogens is 700 g/mol. The van der Waals surface area contributed by atoms with E-state index in [4.69, 9.17) is 9.84 Å². The number of halogens is 3. The lowest BCUT2D eigenvalue weighted by Gasteiger charge is -2.09. The maximum atomic E-state index is 11.9. The molecule has 2 aromatic heterocycles. The van der Waals surface area contributed by atoms with Crippen LogP contribution in [0.3, 0.4) is 0 Å². The summed E-state index contributed by atoms with van der Waals surface area (Å²) in [5, 5.41) is 15.0. The monoisotopic (exact) mass is 722 g/mol. The molecule has 3 N–H and O–H groups in total. The summed E-state index contributed by atoms with van der Waals surface area (Å²) in [4.78, 5) is 38.5. The van der Waals surface area contributed by atoms with Crippen molar-refractivity contribution in [1.82, 2.24) is 19.9 Å². The Labute approximate surface area is 251 Å². The maximum Gasteiger partial charge on any atom is 0.200 e. The Morgan fingerprint density at radius 3 is 1.77 bits per heavy atom. The molecule has 10 nitrogen and oxygen atoms in total. The zero-order valence-corrected chi connectivity index (χ0v) is 25.7. The predicted octanol–water partition coefficient (Wildman–Crippen LogP) is 5.79. The third-order valence-corrected chi connectivity index (χ3v) is 5.88. The molecule has 4 aromatic rings. The molecule has 0 amide bonds. The first kappa shape index (κ1) is 31.8. The van der Waals surface area contributed by atoms with Gasteiger partial charge in [0.15, 0.2) is 50.8 Å². The Kier molecular flexibility index (Phi) is 14.0. The molecule has 0 atom stereocenters. The van der Waals surface area contributed by atoms with Crippen LogP contribution in [0.25, 0.3) is 0 Å². The van der Waals surface area contributed by atoms with E-state index < -0.39 is 0 Å². The first-order valence-electron chi connectivity index (χ1n) is 11.2. The summed E-state index contributed by atoms with van der Waals surface area (Å²) in [6, 6.07) is 18.2. The van der Waals surface area contributed by atoms with Crippen molar-refractivity contribution in [3.8, 4) is 11.5 Å². The van der Waals surface area contributed by atoms with Crippen LogP contribution in [-0.4, -0.2) is 62.6 Å². The molecule has 0 saturated carbocycles. The van der Waals surface area contributed by atoms with E-state index in [1.165, 1.54) is 12.4 Å². The lowest BCUT2D eigenvalue weighted by molar-refractivity contribution is 0.0921. The van der Waals surface area contributed by atoms with Crippen LogP contribution >= 0.6 is 47.8 Å². The van der Waals surface area contributed by atoms with Crippen LogP contribution in [0.5, 0.6) is 11.5 Å². The molecule has 13 heteroatoms. The number of nitrogens with one attached hydrogen (secondary N) is 2. The molecule has 0 unspecified atom stereocenters. The number of ether oxygens (including phenoxy) is 1. The average molecular weight is 725 g/mol. The lowest BCUT2D eigenvalue weighted by Crippen LogP contribution is -2.12. The average Bonchev–Trinajstić information content (AvgIpc) is 2.98. The smallest absolute Gasteiger partial charge is 0.200 e. The van der Waals surface area contributed by atoms with Crippen LogP contribution in [0.4, 0.5) is 11.6 Å². The third-order valence-electron chi connectivity index (χ3n) is 4.61. The number of alkyl halides is 1. The molecule has 204 valence electrons. The Morgan fingerprint density at radius 1 is 0.795 bits per heavy atom. The van der Waals surface area contributed by atoms with Gasteiger partial charge in [-0.25, -0.2) is 19.9 Å². The molecule has 0 spiro atoms. The first-order chi connectivity index (χ1) is 18.8. The van der Waals surface area contributed by atoms with Gasteiger partial charge in [-0.2, -0.15) is 0 Å². The van der Waals surface area contributed by atoms with Crippen molar-refractivity contribution in [3.05, 3.63) is 93.7 Å². The lowest BCUT2D eigenvalue weighted by atomic mass is 10.1. The first-order valence-corrected chi connectivity index (χ1v) is 13.9. The highest BCUT2D eigenvalue weighted by Gasteiger charge is 2.10. The van der Waals surface area contributed by atoms with Crippen molar-refractivity contribution < 1.29 is 19.4 Å². The molecule has 0 aliphatic rings. The molecule has 0 aliphatic heterocycles. The van der Waals surface area contributed by atoms with Gasteiger partial charge in [-0.1, -0.05) is 76.6 Å². The van der Waals surface area contributed by atoms with Crippen LogP contribution in [0.2, 0.25) is 0 Å². The molecule has 0 radical (unpaired) electrons. The van der Waals surface area contributed by atoms with Crippen LogP contribution < -0.4 is 15.4 Å². The fraction of sp³-hybridized carbons (Fsp3) is 0.154. The minimum absolute atomic E-state index is 0.0469. The zero-order valence-electron chi connectivity index (χ0n) is 20.9. The topological polar surface area (TPSA) is 139 Å². The van der Waals surface area contributed by atoms with Crippen LogP contribution in [0, 0.1) is 0 Å². The molecule has 0 aliphatic carbocycles. The number of rotatable bonds is 8. The summed E-state index contributed by atoms with van der Waals surface area (Å²) in [6.07, 6.45) is 2.84. The highest BCUT2D eigenvalue weighted by molar-refractivity contribution is 9.10. The molecule has 39 heavy (non-hydrogen) atoms. The largest absolute Gasteiger partial charge is 0.503 e. The summed E-state index contributed by atoms with van der Waals surface area (Å²) in [5.74, 6) is 1.47. The highest BCUT2D eigenvalue weighted by Crippen LogP contribution is 2.22. The number of Topliss-reactive ketones (excluding diaryl/α,β-unsaturated/α-hetero) is 2. The van der Waals surface area contributed by atoms with Gasteiger partial charge in [0.1, 0.15) is 0 Å². The van der Waals surface area contributed by atoms with E-state index in [2.05, 4.69) is 78.4 Å². The summed E-state index contributed by atoms with van der Waals surface area (Å²) in [6.45, 7) is -0.0519. The van der Waals surface area contributed by atoms with E-state index in [9.17, 15) is 9.59 Å². The van der Waals surface area contributed by atoms with Gasteiger partial charge in [-0.3, -0.25) is 9.59 Å². The van der Waals surface area contributed by atoms with Gasteiger partial charge in [0.2, 0.25) is 0 Å². The molecule has 0 bridgehead atoms. The molecule has 4 rings (SSSR count). The third kappa shape index (κ3) is 11.1. The number of anilines is 2. The number of aromatic hydroxyl groups is 1.